The second-order valence-electron chi connectivity index (χ2n) is 11.0. The van der Waals surface area contributed by atoms with E-state index >= 15 is 0 Å². The van der Waals surface area contributed by atoms with Crippen LogP contribution in [0.15, 0.2) is 97.1 Å². The van der Waals surface area contributed by atoms with Gasteiger partial charge in [0.15, 0.2) is 0 Å². The number of rotatable bonds is 11. The van der Waals surface area contributed by atoms with E-state index in [2.05, 4.69) is 53.8 Å². The van der Waals surface area contributed by atoms with Gasteiger partial charge in [-0.05, 0) is 63.9 Å². The highest BCUT2D eigenvalue weighted by Crippen LogP contribution is 2.45. The number of nitrogens with two attached hydrogens (primary N) is 1. The predicted molar refractivity (Wildman–Crippen MR) is 168 cm³/mol. The second kappa shape index (κ2) is 13.1. The number of fused-ring (bicyclic) bond motifs is 6. The van der Waals surface area contributed by atoms with Crippen molar-refractivity contribution in [2.45, 2.75) is 24.7 Å². The fourth-order valence-corrected chi connectivity index (χ4v) is 6.37. The molecule has 7 heteroatoms. The molecule has 0 bridgehead atoms. The van der Waals surface area contributed by atoms with Crippen molar-refractivity contribution in [2.24, 2.45) is 5.73 Å². The second-order valence-corrected chi connectivity index (χ2v) is 11.0. The molecular weight excluding hydrogens is 538 g/mol. The first-order chi connectivity index (χ1) is 21.2. The number of hydrogen-bond acceptors (Lipinski definition) is 5. The molecule has 3 N–H and O–H groups in total. The highest BCUT2D eigenvalue weighted by Gasteiger charge is 2.30. The molecule has 6 rings (SSSR count). The van der Waals surface area contributed by atoms with Gasteiger partial charge in [0.25, 0.3) is 0 Å². The fourth-order valence-electron chi connectivity index (χ4n) is 6.37. The Kier molecular flexibility index (Phi) is 8.70. The van der Waals surface area contributed by atoms with Crippen molar-refractivity contribution in [3.05, 3.63) is 119 Å². The van der Waals surface area contributed by atoms with Gasteiger partial charge in [0.05, 0.1) is 0 Å². The SMILES string of the molecule is NCCCN(CCCNC(=O)OCC1c2ccccc2-c2ccccc21)C(=O)OCC1c2ccccc2-c2ccccc21. The molecule has 2 amide bonds. The maximum absolute atomic E-state index is 13.2. The van der Waals surface area contributed by atoms with Crippen molar-refractivity contribution >= 4 is 12.2 Å². The van der Waals surface area contributed by atoms with Gasteiger partial charge in [0, 0.05) is 31.5 Å². The van der Waals surface area contributed by atoms with Crippen LogP contribution in [0.1, 0.15) is 46.9 Å². The Hall–Kier alpha value is -4.62. The van der Waals surface area contributed by atoms with Crippen LogP contribution in [0, 0.1) is 0 Å². The topological polar surface area (TPSA) is 93.9 Å². The first-order valence-electron chi connectivity index (χ1n) is 15.0. The molecule has 43 heavy (non-hydrogen) atoms. The Morgan fingerprint density at radius 3 is 1.51 bits per heavy atom. The van der Waals surface area contributed by atoms with Gasteiger partial charge in [-0.15, -0.1) is 0 Å². The third-order valence-corrected chi connectivity index (χ3v) is 8.44. The standard InChI is InChI=1S/C36H37N3O4/c37-19-9-21-39(36(41)43-24-34-31-17-7-3-13-27(31)28-14-4-8-18-32(28)34)22-10-20-38-35(40)42-23-33-29-15-5-1-11-25(29)26-12-2-6-16-30(26)33/h1-8,11-18,33-34H,9-10,19-24,37H2,(H,38,40). The van der Waals surface area contributed by atoms with E-state index in [-0.39, 0.29) is 31.1 Å². The number of alkyl carbamates (subject to hydrolysis) is 1. The Morgan fingerprint density at radius 2 is 1.05 bits per heavy atom. The summed E-state index contributed by atoms with van der Waals surface area (Å²) in [5, 5.41) is 2.84. The monoisotopic (exact) mass is 575 g/mol. The van der Waals surface area contributed by atoms with Gasteiger partial charge in [-0.25, -0.2) is 9.59 Å². The summed E-state index contributed by atoms with van der Waals surface area (Å²) in [7, 11) is 0. The minimum Gasteiger partial charge on any atom is -0.449 e. The van der Waals surface area contributed by atoms with Crippen molar-refractivity contribution in [1.29, 1.82) is 0 Å². The normalized spacial score (nSPS) is 13.0. The average Bonchev–Trinajstić information content (AvgIpc) is 3.54. The van der Waals surface area contributed by atoms with Crippen LogP contribution in [0.3, 0.4) is 0 Å². The molecule has 0 atom stereocenters. The molecule has 0 saturated carbocycles. The summed E-state index contributed by atoms with van der Waals surface area (Å²) < 4.78 is 11.5. The summed E-state index contributed by atoms with van der Waals surface area (Å²) in [6, 6.07) is 33.1. The molecule has 0 aliphatic heterocycles. The number of benzene rings is 4. The summed E-state index contributed by atoms with van der Waals surface area (Å²) in [4.78, 5) is 27.4. The molecule has 0 aromatic heterocycles. The van der Waals surface area contributed by atoms with E-state index in [1.54, 1.807) is 4.90 Å². The molecular formula is C36H37N3O4. The van der Waals surface area contributed by atoms with Crippen LogP contribution in [-0.2, 0) is 9.47 Å². The van der Waals surface area contributed by atoms with E-state index < -0.39 is 6.09 Å². The number of amides is 2. The van der Waals surface area contributed by atoms with Gasteiger partial charge in [0.2, 0.25) is 0 Å². The minimum absolute atomic E-state index is 0.00273. The van der Waals surface area contributed by atoms with E-state index in [1.807, 2.05) is 48.5 Å². The molecule has 0 saturated heterocycles. The number of hydrogen-bond donors (Lipinski definition) is 2. The quantitative estimate of drug-likeness (QED) is 0.199. The fraction of sp³-hybridized carbons (Fsp3) is 0.278. The molecule has 0 heterocycles. The van der Waals surface area contributed by atoms with E-state index in [0.717, 1.165) is 0 Å². The van der Waals surface area contributed by atoms with E-state index in [9.17, 15) is 9.59 Å². The van der Waals surface area contributed by atoms with Gasteiger partial charge < -0.3 is 25.4 Å². The number of carbonyl (C=O) groups is 2. The third-order valence-electron chi connectivity index (χ3n) is 8.44. The molecule has 7 nitrogen and oxygen atoms in total. The van der Waals surface area contributed by atoms with Crippen molar-refractivity contribution < 1.29 is 19.1 Å². The minimum atomic E-state index is -0.462. The van der Waals surface area contributed by atoms with Crippen LogP contribution in [0.2, 0.25) is 0 Å². The molecule has 4 aromatic rings. The lowest BCUT2D eigenvalue weighted by Crippen LogP contribution is -2.37. The van der Waals surface area contributed by atoms with Crippen LogP contribution >= 0.6 is 0 Å². The maximum Gasteiger partial charge on any atom is 0.409 e. The average molecular weight is 576 g/mol. The van der Waals surface area contributed by atoms with Crippen molar-refractivity contribution in [3.63, 3.8) is 0 Å². The molecule has 2 aliphatic rings. The lowest BCUT2D eigenvalue weighted by Gasteiger charge is -2.23. The highest BCUT2D eigenvalue weighted by atomic mass is 16.6. The Morgan fingerprint density at radius 1 is 0.628 bits per heavy atom. The number of nitrogens with one attached hydrogen (secondary N) is 1. The third kappa shape index (κ3) is 5.99. The molecule has 2 aliphatic carbocycles. The Balaban J connectivity index is 0.988. The lowest BCUT2D eigenvalue weighted by molar-refractivity contribution is 0.0988. The van der Waals surface area contributed by atoms with E-state index in [4.69, 9.17) is 15.2 Å². The summed E-state index contributed by atoms with van der Waals surface area (Å²) >= 11 is 0. The maximum atomic E-state index is 13.2. The van der Waals surface area contributed by atoms with Crippen LogP contribution < -0.4 is 11.1 Å². The Bertz CT molecular complexity index is 1510. The summed E-state index contributed by atoms with van der Waals surface area (Å²) in [5.41, 5.74) is 15.2. The molecule has 220 valence electrons. The van der Waals surface area contributed by atoms with E-state index in [1.165, 1.54) is 44.5 Å². The summed E-state index contributed by atoms with van der Waals surface area (Å²) in [5.74, 6) is 0.0152. The van der Waals surface area contributed by atoms with Gasteiger partial charge in [-0.1, -0.05) is 97.1 Å². The smallest absolute Gasteiger partial charge is 0.409 e. The van der Waals surface area contributed by atoms with Gasteiger partial charge in [-0.2, -0.15) is 0 Å². The van der Waals surface area contributed by atoms with Crippen LogP contribution in [0.5, 0.6) is 0 Å². The van der Waals surface area contributed by atoms with Crippen LogP contribution in [0.4, 0.5) is 9.59 Å². The molecule has 0 spiro atoms. The van der Waals surface area contributed by atoms with E-state index in [0.29, 0.717) is 39.0 Å². The number of ether oxygens (including phenoxy) is 2. The zero-order chi connectivity index (χ0) is 29.6. The lowest BCUT2D eigenvalue weighted by atomic mass is 9.98. The molecule has 0 unspecified atom stereocenters. The van der Waals surface area contributed by atoms with Gasteiger partial charge >= 0.3 is 12.2 Å². The number of nitrogens with zero attached hydrogens (tertiary/aromatic N) is 1. The molecule has 0 fully saturated rings. The first-order valence-corrected chi connectivity index (χ1v) is 15.0. The van der Waals surface area contributed by atoms with Crippen molar-refractivity contribution in [2.75, 3.05) is 39.4 Å². The molecule has 4 aromatic carbocycles. The van der Waals surface area contributed by atoms with Gasteiger partial charge in [0.1, 0.15) is 13.2 Å². The van der Waals surface area contributed by atoms with Crippen LogP contribution in [0.25, 0.3) is 22.3 Å². The predicted octanol–water partition coefficient (Wildman–Crippen LogP) is 6.52. The summed E-state index contributed by atoms with van der Waals surface area (Å²) in [6.07, 6.45) is 0.413. The molecule has 0 radical (unpaired) electrons. The van der Waals surface area contributed by atoms with Crippen molar-refractivity contribution in [3.8, 4) is 22.3 Å². The van der Waals surface area contributed by atoms with Crippen LogP contribution in [-0.4, -0.2) is 56.5 Å². The Labute approximate surface area is 252 Å². The first kappa shape index (κ1) is 28.5. The van der Waals surface area contributed by atoms with Crippen molar-refractivity contribution in [1.82, 2.24) is 10.2 Å². The largest absolute Gasteiger partial charge is 0.449 e. The highest BCUT2D eigenvalue weighted by molar-refractivity contribution is 5.80. The summed E-state index contributed by atoms with van der Waals surface area (Å²) in [6.45, 7) is 2.34. The zero-order valence-corrected chi connectivity index (χ0v) is 24.2. The van der Waals surface area contributed by atoms with Gasteiger partial charge in [-0.3, -0.25) is 0 Å². The number of carbonyl (C=O) groups excluding carboxylic acids is 2. The zero-order valence-electron chi connectivity index (χ0n) is 24.2.